The predicted octanol–water partition coefficient (Wildman–Crippen LogP) is 3.64. The van der Waals surface area contributed by atoms with Crippen molar-refractivity contribution < 1.29 is 9.90 Å². The van der Waals surface area contributed by atoms with Crippen LogP contribution in [-0.4, -0.2) is 17.3 Å². The molecule has 0 saturated heterocycles. The Hall–Kier alpha value is -1.78. The second-order valence-electron chi connectivity index (χ2n) is 5.10. The van der Waals surface area contributed by atoms with Crippen molar-refractivity contribution in [3.8, 4) is 0 Å². The number of anilines is 1. The molecule has 0 fully saturated rings. The minimum Gasteiger partial charge on any atom is -0.385 e. The van der Waals surface area contributed by atoms with Crippen molar-refractivity contribution in [1.82, 2.24) is 0 Å². The zero-order valence-corrected chi connectivity index (χ0v) is 13.0. The maximum Gasteiger partial charge on any atom is 0.227 e. The lowest BCUT2D eigenvalue weighted by molar-refractivity contribution is -0.120. The number of aliphatic hydroxyl groups is 1. The lowest BCUT2D eigenvalue weighted by Crippen LogP contribution is -2.28. The molecule has 0 saturated carbocycles. The minimum atomic E-state index is -1.18. The van der Waals surface area contributed by atoms with E-state index < -0.39 is 5.60 Å². The third kappa shape index (κ3) is 4.34. The van der Waals surface area contributed by atoms with Crippen molar-refractivity contribution in [2.45, 2.75) is 23.8 Å². The zero-order chi connectivity index (χ0) is 15.3. The number of thioether (sulfide) groups is 1. The summed E-state index contributed by atoms with van der Waals surface area (Å²) in [5.41, 5.74) is 0.302. The molecule has 2 aromatic carbocycles. The summed E-state index contributed by atoms with van der Waals surface area (Å²) in [6, 6.07) is 16.9. The van der Waals surface area contributed by atoms with E-state index in [1.807, 2.05) is 60.9 Å². The number of amides is 1. The number of carbonyl (C=O) groups excluding carboxylic acids is 1. The minimum absolute atomic E-state index is 0.0144. The van der Waals surface area contributed by atoms with Gasteiger partial charge in [-0.2, -0.15) is 0 Å². The van der Waals surface area contributed by atoms with Crippen LogP contribution in [-0.2, 0) is 10.4 Å². The summed E-state index contributed by atoms with van der Waals surface area (Å²) in [7, 11) is 0. The first kappa shape index (κ1) is 15.6. The summed E-state index contributed by atoms with van der Waals surface area (Å²) in [5, 5.41) is 13.3. The molecule has 0 aliphatic heterocycles. The van der Waals surface area contributed by atoms with Gasteiger partial charge in [-0.3, -0.25) is 4.79 Å². The van der Waals surface area contributed by atoms with Gasteiger partial charge in [-0.05, 0) is 36.9 Å². The van der Waals surface area contributed by atoms with Gasteiger partial charge in [-0.15, -0.1) is 11.8 Å². The van der Waals surface area contributed by atoms with Crippen molar-refractivity contribution in [3.05, 3.63) is 60.2 Å². The predicted molar refractivity (Wildman–Crippen MR) is 87.5 cm³/mol. The fourth-order valence-corrected chi connectivity index (χ4v) is 2.58. The second-order valence-corrected chi connectivity index (χ2v) is 5.98. The van der Waals surface area contributed by atoms with Crippen LogP contribution in [0.1, 0.15) is 18.9 Å². The summed E-state index contributed by atoms with van der Waals surface area (Å²) in [6.07, 6.45) is 2.00. The highest BCUT2D eigenvalue weighted by molar-refractivity contribution is 7.98. The molecule has 110 valence electrons. The van der Waals surface area contributed by atoms with E-state index in [2.05, 4.69) is 5.32 Å². The van der Waals surface area contributed by atoms with E-state index >= 15 is 0 Å². The highest BCUT2D eigenvalue weighted by Crippen LogP contribution is 2.25. The molecule has 1 unspecified atom stereocenters. The molecule has 0 aromatic heterocycles. The Morgan fingerprint density at radius 3 is 2.57 bits per heavy atom. The van der Waals surface area contributed by atoms with Crippen LogP contribution in [0.4, 0.5) is 5.69 Å². The number of benzene rings is 2. The van der Waals surface area contributed by atoms with Crippen LogP contribution in [0.2, 0.25) is 0 Å². The molecule has 0 radical (unpaired) electrons. The maximum absolute atomic E-state index is 12.1. The maximum atomic E-state index is 12.1. The van der Waals surface area contributed by atoms with Crippen LogP contribution in [0, 0.1) is 0 Å². The number of carbonyl (C=O) groups is 1. The molecule has 2 N–H and O–H groups in total. The third-order valence-corrected chi connectivity index (χ3v) is 3.98. The number of nitrogens with one attached hydrogen (secondary N) is 1. The molecule has 0 aliphatic rings. The summed E-state index contributed by atoms with van der Waals surface area (Å²) in [5.74, 6) is -0.206. The number of hydrogen-bond donors (Lipinski definition) is 2. The molecule has 21 heavy (non-hydrogen) atoms. The standard InChI is InChI=1S/C17H19NO2S/c1-17(20,13-7-4-3-5-8-13)12-16(19)18-14-9-6-10-15(11-14)21-2/h3-11,20H,12H2,1-2H3,(H,18,19). The van der Waals surface area contributed by atoms with Crippen molar-refractivity contribution >= 4 is 23.4 Å². The van der Waals surface area contributed by atoms with Gasteiger partial charge in [0, 0.05) is 10.6 Å². The van der Waals surface area contributed by atoms with E-state index in [0.717, 1.165) is 16.1 Å². The summed E-state index contributed by atoms with van der Waals surface area (Å²) in [4.78, 5) is 13.2. The van der Waals surface area contributed by atoms with Crippen LogP contribution in [0.15, 0.2) is 59.5 Å². The Morgan fingerprint density at radius 2 is 1.90 bits per heavy atom. The van der Waals surface area contributed by atoms with Crippen molar-refractivity contribution in [3.63, 3.8) is 0 Å². The Morgan fingerprint density at radius 1 is 1.19 bits per heavy atom. The zero-order valence-electron chi connectivity index (χ0n) is 12.2. The number of hydrogen-bond acceptors (Lipinski definition) is 3. The molecular weight excluding hydrogens is 282 g/mol. The van der Waals surface area contributed by atoms with E-state index in [4.69, 9.17) is 0 Å². The largest absolute Gasteiger partial charge is 0.385 e. The second kappa shape index (κ2) is 6.78. The average molecular weight is 301 g/mol. The molecule has 1 amide bonds. The molecular formula is C17H19NO2S. The molecule has 0 spiro atoms. The topological polar surface area (TPSA) is 49.3 Å². The van der Waals surface area contributed by atoms with E-state index in [1.54, 1.807) is 18.7 Å². The van der Waals surface area contributed by atoms with Gasteiger partial charge in [0.15, 0.2) is 0 Å². The Balaban J connectivity index is 2.04. The van der Waals surface area contributed by atoms with E-state index in [9.17, 15) is 9.90 Å². The first-order valence-corrected chi connectivity index (χ1v) is 7.95. The van der Waals surface area contributed by atoms with Gasteiger partial charge >= 0.3 is 0 Å². The van der Waals surface area contributed by atoms with Crippen molar-refractivity contribution in [1.29, 1.82) is 0 Å². The molecule has 4 heteroatoms. The molecule has 0 aliphatic carbocycles. The van der Waals surface area contributed by atoms with E-state index in [0.29, 0.717) is 0 Å². The van der Waals surface area contributed by atoms with Gasteiger partial charge in [0.2, 0.25) is 5.91 Å². The van der Waals surface area contributed by atoms with Gasteiger partial charge in [0.05, 0.1) is 12.0 Å². The van der Waals surface area contributed by atoms with Crippen LogP contribution < -0.4 is 5.32 Å². The molecule has 3 nitrogen and oxygen atoms in total. The smallest absolute Gasteiger partial charge is 0.227 e. The summed E-state index contributed by atoms with van der Waals surface area (Å²) < 4.78 is 0. The monoisotopic (exact) mass is 301 g/mol. The average Bonchev–Trinajstić information content (AvgIpc) is 2.47. The van der Waals surface area contributed by atoms with E-state index in [-0.39, 0.29) is 12.3 Å². The van der Waals surface area contributed by atoms with Crippen LogP contribution in [0.5, 0.6) is 0 Å². The lowest BCUT2D eigenvalue weighted by Gasteiger charge is -2.23. The third-order valence-electron chi connectivity index (χ3n) is 3.25. The quantitative estimate of drug-likeness (QED) is 0.829. The van der Waals surface area contributed by atoms with Crippen molar-refractivity contribution in [2.75, 3.05) is 11.6 Å². The Bertz CT molecular complexity index is 611. The molecule has 2 aromatic rings. The molecule has 0 heterocycles. The van der Waals surface area contributed by atoms with Gasteiger partial charge in [-0.25, -0.2) is 0 Å². The van der Waals surface area contributed by atoms with Crippen LogP contribution in [0.3, 0.4) is 0 Å². The molecule has 2 rings (SSSR count). The molecule has 1 atom stereocenters. The van der Waals surface area contributed by atoms with Crippen molar-refractivity contribution in [2.24, 2.45) is 0 Å². The molecule has 0 bridgehead atoms. The van der Waals surface area contributed by atoms with Gasteiger partial charge in [0.25, 0.3) is 0 Å². The first-order valence-electron chi connectivity index (χ1n) is 6.73. The SMILES string of the molecule is CSc1cccc(NC(=O)CC(C)(O)c2ccccc2)c1. The fraction of sp³-hybridized carbons (Fsp3) is 0.235. The Kier molecular flexibility index (Phi) is 5.04. The van der Waals surface area contributed by atoms with Gasteiger partial charge < -0.3 is 10.4 Å². The first-order chi connectivity index (χ1) is 10.0. The fourth-order valence-electron chi connectivity index (χ4n) is 2.12. The van der Waals surface area contributed by atoms with Crippen LogP contribution >= 0.6 is 11.8 Å². The highest BCUT2D eigenvalue weighted by Gasteiger charge is 2.26. The van der Waals surface area contributed by atoms with Gasteiger partial charge in [0.1, 0.15) is 0 Å². The highest BCUT2D eigenvalue weighted by atomic mass is 32.2. The lowest BCUT2D eigenvalue weighted by atomic mass is 9.92. The van der Waals surface area contributed by atoms with E-state index in [1.165, 1.54) is 0 Å². The summed E-state index contributed by atoms with van der Waals surface area (Å²) in [6.45, 7) is 1.65. The number of rotatable bonds is 5. The normalized spacial score (nSPS) is 13.5. The summed E-state index contributed by atoms with van der Waals surface area (Å²) >= 11 is 1.62. The van der Waals surface area contributed by atoms with Gasteiger partial charge in [-0.1, -0.05) is 36.4 Å². The Labute approximate surface area is 129 Å². The van der Waals surface area contributed by atoms with Crippen LogP contribution in [0.25, 0.3) is 0 Å².